The molecule has 0 aliphatic carbocycles. The van der Waals surface area contributed by atoms with Gasteiger partial charge in [0, 0.05) is 19.3 Å². The zero-order chi connectivity index (χ0) is 11.3. The standard InChI is InChI=1S/C13H18N2/c1-4-12-5-7-13(8-6-12)15(3)10-11(2)9-14/h5-8,11H,4,10H2,1-3H3. The number of nitriles is 1. The third-order valence-electron chi connectivity index (χ3n) is 2.55. The Morgan fingerprint density at radius 1 is 1.33 bits per heavy atom. The number of hydrogen-bond acceptors (Lipinski definition) is 2. The average molecular weight is 202 g/mol. The minimum absolute atomic E-state index is 0.0702. The highest BCUT2D eigenvalue weighted by Crippen LogP contribution is 2.15. The van der Waals surface area contributed by atoms with Gasteiger partial charge in [0.1, 0.15) is 0 Å². The zero-order valence-electron chi connectivity index (χ0n) is 9.70. The van der Waals surface area contributed by atoms with Crippen LogP contribution >= 0.6 is 0 Å². The minimum Gasteiger partial charge on any atom is -0.373 e. The van der Waals surface area contributed by atoms with Crippen molar-refractivity contribution in [2.45, 2.75) is 20.3 Å². The molecule has 2 heteroatoms. The second-order valence-electron chi connectivity index (χ2n) is 3.93. The Hall–Kier alpha value is -1.49. The number of anilines is 1. The first-order valence-corrected chi connectivity index (χ1v) is 5.37. The lowest BCUT2D eigenvalue weighted by atomic mass is 10.1. The Labute approximate surface area is 92.1 Å². The Kier molecular flexibility index (Phi) is 4.17. The Morgan fingerprint density at radius 3 is 2.40 bits per heavy atom. The van der Waals surface area contributed by atoms with E-state index in [-0.39, 0.29) is 5.92 Å². The third-order valence-corrected chi connectivity index (χ3v) is 2.55. The van der Waals surface area contributed by atoms with Crippen LogP contribution in [0.25, 0.3) is 0 Å². The van der Waals surface area contributed by atoms with Crippen LogP contribution < -0.4 is 4.90 Å². The first-order chi connectivity index (χ1) is 7.17. The molecular weight excluding hydrogens is 184 g/mol. The van der Waals surface area contributed by atoms with Gasteiger partial charge in [-0.05, 0) is 31.0 Å². The van der Waals surface area contributed by atoms with Crippen molar-refractivity contribution in [3.8, 4) is 6.07 Å². The fraction of sp³-hybridized carbons (Fsp3) is 0.462. The summed E-state index contributed by atoms with van der Waals surface area (Å²) in [5.41, 5.74) is 2.52. The summed E-state index contributed by atoms with van der Waals surface area (Å²) in [4.78, 5) is 2.12. The summed E-state index contributed by atoms with van der Waals surface area (Å²) in [7, 11) is 2.02. The largest absolute Gasteiger partial charge is 0.373 e. The van der Waals surface area contributed by atoms with Gasteiger partial charge in [0.25, 0.3) is 0 Å². The zero-order valence-corrected chi connectivity index (χ0v) is 9.70. The van der Waals surface area contributed by atoms with Crippen LogP contribution in [0.4, 0.5) is 5.69 Å². The smallest absolute Gasteiger partial charge is 0.0671 e. The van der Waals surface area contributed by atoms with E-state index in [1.807, 2.05) is 14.0 Å². The second-order valence-corrected chi connectivity index (χ2v) is 3.93. The summed E-state index contributed by atoms with van der Waals surface area (Å²) in [6.07, 6.45) is 1.07. The number of aryl methyl sites for hydroxylation is 1. The fourth-order valence-electron chi connectivity index (χ4n) is 1.54. The number of benzene rings is 1. The summed E-state index contributed by atoms with van der Waals surface area (Å²) >= 11 is 0. The van der Waals surface area contributed by atoms with Gasteiger partial charge in [0.2, 0.25) is 0 Å². The molecule has 2 nitrogen and oxygen atoms in total. The van der Waals surface area contributed by atoms with Crippen molar-refractivity contribution in [1.29, 1.82) is 5.26 Å². The normalized spacial score (nSPS) is 11.9. The van der Waals surface area contributed by atoms with Gasteiger partial charge in [0.15, 0.2) is 0 Å². The minimum atomic E-state index is 0.0702. The molecule has 0 bridgehead atoms. The average Bonchev–Trinajstić information content (AvgIpc) is 2.29. The quantitative estimate of drug-likeness (QED) is 0.750. The molecule has 0 saturated carbocycles. The highest BCUT2D eigenvalue weighted by Gasteiger charge is 2.05. The lowest BCUT2D eigenvalue weighted by Gasteiger charge is -2.20. The summed E-state index contributed by atoms with van der Waals surface area (Å²) < 4.78 is 0. The van der Waals surface area contributed by atoms with Crippen LogP contribution in [0.2, 0.25) is 0 Å². The van der Waals surface area contributed by atoms with Crippen LogP contribution in [0.3, 0.4) is 0 Å². The predicted octanol–water partition coefficient (Wildman–Crippen LogP) is 2.84. The van der Waals surface area contributed by atoms with E-state index in [0.717, 1.165) is 13.0 Å². The van der Waals surface area contributed by atoms with Crippen LogP contribution in [-0.4, -0.2) is 13.6 Å². The second kappa shape index (κ2) is 5.41. The van der Waals surface area contributed by atoms with E-state index in [2.05, 4.69) is 42.2 Å². The molecule has 1 aromatic rings. The molecule has 0 fully saturated rings. The molecular formula is C13H18N2. The van der Waals surface area contributed by atoms with Crippen molar-refractivity contribution in [2.75, 3.05) is 18.5 Å². The monoisotopic (exact) mass is 202 g/mol. The van der Waals surface area contributed by atoms with Gasteiger partial charge >= 0.3 is 0 Å². The first kappa shape index (κ1) is 11.6. The molecule has 0 aliphatic rings. The van der Waals surface area contributed by atoms with Crippen LogP contribution in [0, 0.1) is 17.2 Å². The molecule has 0 spiro atoms. The highest BCUT2D eigenvalue weighted by molar-refractivity contribution is 5.47. The van der Waals surface area contributed by atoms with Gasteiger partial charge < -0.3 is 4.90 Å². The molecule has 0 heterocycles. The maximum atomic E-state index is 8.74. The van der Waals surface area contributed by atoms with E-state index < -0.39 is 0 Å². The van der Waals surface area contributed by atoms with Crippen LogP contribution in [0.1, 0.15) is 19.4 Å². The lowest BCUT2D eigenvalue weighted by molar-refractivity contribution is 0.716. The lowest BCUT2D eigenvalue weighted by Crippen LogP contribution is -2.22. The SMILES string of the molecule is CCc1ccc(N(C)CC(C)C#N)cc1. The number of nitrogens with zero attached hydrogens (tertiary/aromatic N) is 2. The van der Waals surface area contributed by atoms with Crippen molar-refractivity contribution in [3.63, 3.8) is 0 Å². The summed E-state index contributed by atoms with van der Waals surface area (Å²) in [6.45, 7) is 4.87. The molecule has 0 aliphatic heterocycles. The van der Waals surface area contributed by atoms with E-state index in [1.54, 1.807) is 0 Å². The molecule has 0 radical (unpaired) electrons. The van der Waals surface area contributed by atoms with Crippen LogP contribution in [-0.2, 0) is 6.42 Å². The Balaban J connectivity index is 2.66. The fourth-order valence-corrected chi connectivity index (χ4v) is 1.54. The van der Waals surface area contributed by atoms with Crippen LogP contribution in [0.15, 0.2) is 24.3 Å². The molecule has 1 aromatic carbocycles. The molecule has 80 valence electrons. The van der Waals surface area contributed by atoms with E-state index in [4.69, 9.17) is 5.26 Å². The summed E-state index contributed by atoms with van der Waals surface area (Å²) in [5.74, 6) is 0.0702. The van der Waals surface area contributed by atoms with Crippen LogP contribution in [0.5, 0.6) is 0 Å². The molecule has 0 N–H and O–H groups in total. The molecule has 0 amide bonds. The van der Waals surface area contributed by atoms with Crippen molar-refractivity contribution >= 4 is 5.69 Å². The summed E-state index contributed by atoms with van der Waals surface area (Å²) in [5, 5.41) is 8.74. The van der Waals surface area contributed by atoms with E-state index in [1.165, 1.54) is 11.3 Å². The maximum absolute atomic E-state index is 8.74. The molecule has 15 heavy (non-hydrogen) atoms. The van der Waals surface area contributed by atoms with E-state index in [0.29, 0.717) is 0 Å². The van der Waals surface area contributed by atoms with Crippen molar-refractivity contribution in [1.82, 2.24) is 0 Å². The summed E-state index contributed by atoms with van der Waals surface area (Å²) in [6, 6.07) is 10.8. The van der Waals surface area contributed by atoms with E-state index >= 15 is 0 Å². The van der Waals surface area contributed by atoms with Gasteiger partial charge in [-0.15, -0.1) is 0 Å². The van der Waals surface area contributed by atoms with Crippen molar-refractivity contribution in [2.24, 2.45) is 5.92 Å². The predicted molar refractivity (Wildman–Crippen MR) is 63.9 cm³/mol. The molecule has 1 unspecified atom stereocenters. The van der Waals surface area contributed by atoms with E-state index in [9.17, 15) is 0 Å². The highest BCUT2D eigenvalue weighted by atomic mass is 15.1. The first-order valence-electron chi connectivity index (χ1n) is 5.37. The number of rotatable bonds is 4. The van der Waals surface area contributed by atoms with Gasteiger partial charge in [-0.2, -0.15) is 5.26 Å². The topological polar surface area (TPSA) is 27.0 Å². The van der Waals surface area contributed by atoms with Gasteiger partial charge in [-0.1, -0.05) is 19.1 Å². The molecule has 0 saturated heterocycles. The molecule has 1 atom stereocenters. The van der Waals surface area contributed by atoms with Gasteiger partial charge in [0.05, 0.1) is 12.0 Å². The Bertz CT molecular complexity index is 335. The maximum Gasteiger partial charge on any atom is 0.0671 e. The van der Waals surface area contributed by atoms with Crippen molar-refractivity contribution < 1.29 is 0 Å². The Morgan fingerprint density at radius 2 is 1.93 bits per heavy atom. The third kappa shape index (κ3) is 3.28. The number of hydrogen-bond donors (Lipinski definition) is 0. The van der Waals surface area contributed by atoms with Crippen molar-refractivity contribution in [3.05, 3.63) is 29.8 Å². The molecule has 1 rings (SSSR count). The van der Waals surface area contributed by atoms with Gasteiger partial charge in [-0.25, -0.2) is 0 Å². The molecule has 0 aromatic heterocycles. The van der Waals surface area contributed by atoms with Gasteiger partial charge in [-0.3, -0.25) is 0 Å².